The number of hydrogen-bond donors (Lipinski definition) is 1. The van der Waals surface area contributed by atoms with Crippen LogP contribution in [-0.2, 0) is 29.9 Å². The minimum absolute atomic E-state index is 0.121. The first kappa shape index (κ1) is 38.1. The molecule has 0 spiro atoms. The van der Waals surface area contributed by atoms with E-state index in [9.17, 15) is 35.9 Å². The van der Waals surface area contributed by atoms with Crippen molar-refractivity contribution in [2.75, 3.05) is 7.11 Å². The molecule has 0 aliphatic carbocycles. The molecule has 1 unspecified atom stereocenters. The van der Waals surface area contributed by atoms with Crippen LogP contribution in [0.2, 0.25) is 10.0 Å². The van der Waals surface area contributed by atoms with E-state index in [0.717, 1.165) is 35.4 Å². The van der Waals surface area contributed by atoms with Crippen LogP contribution in [0.1, 0.15) is 54.4 Å². The van der Waals surface area contributed by atoms with Gasteiger partial charge in [0.25, 0.3) is 11.8 Å². The van der Waals surface area contributed by atoms with Crippen molar-refractivity contribution >= 4 is 41.2 Å². The van der Waals surface area contributed by atoms with Crippen molar-refractivity contribution < 1.29 is 40.7 Å². The lowest BCUT2D eigenvalue weighted by atomic mass is 10.1. The summed E-state index contributed by atoms with van der Waals surface area (Å²) in [5.74, 6) is -1.84. The molecule has 15 heteroatoms. The van der Waals surface area contributed by atoms with Gasteiger partial charge < -0.3 is 10.1 Å². The molecular formula is C33H28Cl2F6N4O3. The Morgan fingerprint density at radius 1 is 0.833 bits per heavy atom. The second-order valence-electron chi connectivity index (χ2n) is 10.2. The van der Waals surface area contributed by atoms with E-state index in [2.05, 4.69) is 20.3 Å². The largest absolute Gasteiger partial charge is 0.417 e. The van der Waals surface area contributed by atoms with E-state index in [1.807, 2.05) is 13.8 Å². The van der Waals surface area contributed by atoms with Gasteiger partial charge in [-0.25, -0.2) is 4.99 Å². The van der Waals surface area contributed by atoms with Crippen molar-refractivity contribution in [2.24, 2.45) is 4.99 Å². The lowest BCUT2D eigenvalue weighted by molar-refractivity contribution is -0.138. The molecule has 0 fully saturated rings. The summed E-state index contributed by atoms with van der Waals surface area (Å²) in [6.07, 6.45) is -5.42. The molecule has 2 aromatic carbocycles. The highest BCUT2D eigenvalue weighted by Gasteiger charge is 2.36. The van der Waals surface area contributed by atoms with Gasteiger partial charge in [0.05, 0.1) is 43.7 Å². The molecule has 0 radical (unpaired) electrons. The molecule has 0 saturated heterocycles. The summed E-state index contributed by atoms with van der Waals surface area (Å²) in [7, 11) is 1.34. The van der Waals surface area contributed by atoms with Crippen LogP contribution in [0, 0.1) is 13.8 Å². The predicted molar refractivity (Wildman–Crippen MR) is 169 cm³/mol. The molecule has 0 aliphatic rings. The lowest BCUT2D eigenvalue weighted by Gasteiger charge is -2.19. The fourth-order valence-electron chi connectivity index (χ4n) is 4.15. The van der Waals surface area contributed by atoms with Gasteiger partial charge in [-0.2, -0.15) is 26.3 Å². The summed E-state index contributed by atoms with van der Waals surface area (Å²) >= 11 is 12.1. The van der Waals surface area contributed by atoms with Crippen LogP contribution in [0.3, 0.4) is 0 Å². The van der Waals surface area contributed by atoms with Crippen molar-refractivity contribution in [2.45, 2.75) is 45.3 Å². The Morgan fingerprint density at radius 2 is 1.31 bits per heavy atom. The molecule has 1 atom stereocenters. The Kier molecular flexibility index (Phi) is 13.2. The van der Waals surface area contributed by atoms with Crippen molar-refractivity contribution in [3.8, 4) is 0 Å². The highest BCUT2D eigenvalue weighted by atomic mass is 35.5. The summed E-state index contributed by atoms with van der Waals surface area (Å²) in [4.78, 5) is 36.0. The number of aliphatic imine (C=N–C) groups is 1. The second-order valence-corrected chi connectivity index (χ2v) is 11.0. The number of aryl methyl sites for hydroxylation is 2. The van der Waals surface area contributed by atoms with Gasteiger partial charge in [-0.05, 0) is 61.4 Å². The number of carbonyl (C=O) groups is 2. The van der Waals surface area contributed by atoms with E-state index in [1.165, 1.54) is 37.6 Å². The van der Waals surface area contributed by atoms with Gasteiger partial charge in [0, 0.05) is 38.6 Å². The van der Waals surface area contributed by atoms with Gasteiger partial charge in [-0.3, -0.25) is 19.6 Å². The van der Waals surface area contributed by atoms with Crippen molar-refractivity contribution in [1.82, 2.24) is 15.3 Å². The van der Waals surface area contributed by atoms with Crippen LogP contribution in [0.5, 0.6) is 0 Å². The molecule has 48 heavy (non-hydrogen) atoms. The number of carbonyl (C=O) groups excluding carboxylic acids is 2. The first-order valence-electron chi connectivity index (χ1n) is 14.0. The number of methoxy groups -OCH3 is 1. The fraction of sp³-hybridized carbons (Fsp3) is 0.242. The van der Waals surface area contributed by atoms with Crippen LogP contribution in [0.4, 0.5) is 26.3 Å². The Bertz CT molecular complexity index is 1780. The maximum atomic E-state index is 13.0. The quantitative estimate of drug-likeness (QED) is 0.112. The molecule has 4 aromatic rings. The van der Waals surface area contributed by atoms with E-state index in [4.69, 9.17) is 27.9 Å². The Labute approximate surface area is 282 Å². The second kappa shape index (κ2) is 16.7. The molecule has 1 N–H and O–H groups in total. The zero-order chi connectivity index (χ0) is 35.6. The van der Waals surface area contributed by atoms with Gasteiger partial charge in [0.1, 0.15) is 6.23 Å². The third-order valence-electron chi connectivity index (χ3n) is 6.50. The maximum Gasteiger partial charge on any atom is 0.417 e. The van der Waals surface area contributed by atoms with E-state index in [0.29, 0.717) is 21.4 Å². The number of rotatable bonds is 8. The SMILES string of the molecule is COC(Cc1ncc(C)cc1Cl)NC(=O)c1ccccc1C(F)(F)F.Cc1cnc(CC=NC(=O)c2ccccc2C(F)(F)F)c(Cl)c1. The van der Waals surface area contributed by atoms with Crippen LogP contribution < -0.4 is 5.32 Å². The number of pyridine rings is 2. The predicted octanol–water partition coefficient (Wildman–Crippen LogP) is 8.52. The summed E-state index contributed by atoms with van der Waals surface area (Å²) in [6, 6.07) is 12.5. The molecule has 2 heterocycles. The van der Waals surface area contributed by atoms with Gasteiger partial charge >= 0.3 is 12.4 Å². The molecular weight excluding hydrogens is 685 g/mol. The number of alkyl halides is 6. The van der Waals surface area contributed by atoms with Gasteiger partial charge in [-0.15, -0.1) is 0 Å². The zero-order valence-electron chi connectivity index (χ0n) is 25.6. The summed E-state index contributed by atoms with van der Waals surface area (Å²) in [5, 5.41) is 3.24. The van der Waals surface area contributed by atoms with Crippen LogP contribution in [0.15, 0.2) is 78.0 Å². The number of ether oxygens (including phenoxy) is 1. The fourth-order valence-corrected chi connectivity index (χ4v) is 4.74. The van der Waals surface area contributed by atoms with Crippen LogP contribution in [-0.4, -0.2) is 41.3 Å². The first-order chi connectivity index (χ1) is 22.5. The van der Waals surface area contributed by atoms with E-state index >= 15 is 0 Å². The Morgan fingerprint density at radius 3 is 1.81 bits per heavy atom. The smallest absolute Gasteiger partial charge is 0.361 e. The number of nitrogens with zero attached hydrogens (tertiary/aromatic N) is 3. The van der Waals surface area contributed by atoms with Crippen LogP contribution >= 0.6 is 23.2 Å². The number of nitrogens with one attached hydrogen (secondary N) is 1. The number of aromatic nitrogens is 2. The zero-order valence-corrected chi connectivity index (χ0v) is 27.1. The summed E-state index contributed by atoms with van der Waals surface area (Å²) < 4.78 is 82.8. The maximum absolute atomic E-state index is 13.0. The van der Waals surface area contributed by atoms with E-state index in [1.54, 1.807) is 24.5 Å². The topological polar surface area (TPSA) is 93.5 Å². The summed E-state index contributed by atoms with van der Waals surface area (Å²) in [6.45, 7) is 3.65. The van der Waals surface area contributed by atoms with Crippen LogP contribution in [0.25, 0.3) is 0 Å². The molecule has 2 aromatic heterocycles. The number of halogens is 8. The highest BCUT2D eigenvalue weighted by molar-refractivity contribution is 6.31. The molecule has 7 nitrogen and oxygen atoms in total. The molecule has 0 aliphatic heterocycles. The summed E-state index contributed by atoms with van der Waals surface area (Å²) in [5.41, 5.74) is -0.250. The molecule has 254 valence electrons. The Hall–Kier alpha value is -4.33. The van der Waals surface area contributed by atoms with E-state index in [-0.39, 0.29) is 12.8 Å². The third kappa shape index (κ3) is 10.9. The molecule has 0 bridgehead atoms. The van der Waals surface area contributed by atoms with Gasteiger partial charge in [0.2, 0.25) is 0 Å². The van der Waals surface area contributed by atoms with E-state index < -0.39 is 52.6 Å². The average Bonchev–Trinajstić information content (AvgIpc) is 3.02. The van der Waals surface area contributed by atoms with Crippen molar-refractivity contribution in [1.29, 1.82) is 0 Å². The first-order valence-corrected chi connectivity index (χ1v) is 14.7. The molecule has 2 amide bonds. The number of hydrogen-bond acceptors (Lipinski definition) is 5. The molecule has 4 rings (SSSR count). The standard InChI is InChI=1S/C17H16ClF3N2O2.C16H12ClF3N2O/c1-10-7-13(18)14(22-9-10)8-15(25-2)23-16(24)11-5-3-4-6-12(11)17(19,20)21;1-10-8-13(17)14(22-9-10)6-7-21-15(23)11-4-2-3-5-12(11)16(18,19)20/h3-7,9,15H,8H2,1-2H3,(H,23,24);2-5,7-9H,6H2,1H3. The monoisotopic (exact) mass is 712 g/mol. The normalized spacial score (nSPS) is 12.3. The lowest BCUT2D eigenvalue weighted by Crippen LogP contribution is -2.38. The highest BCUT2D eigenvalue weighted by Crippen LogP contribution is 2.33. The minimum atomic E-state index is -4.63. The Balaban J connectivity index is 0.000000261. The van der Waals surface area contributed by atoms with Crippen molar-refractivity contribution in [3.63, 3.8) is 0 Å². The number of amides is 2. The number of benzene rings is 2. The van der Waals surface area contributed by atoms with Crippen molar-refractivity contribution in [3.05, 3.63) is 128 Å². The van der Waals surface area contributed by atoms with Gasteiger partial charge in [0.15, 0.2) is 0 Å². The van der Waals surface area contributed by atoms with Gasteiger partial charge in [-0.1, -0.05) is 47.5 Å². The average molecular weight is 714 g/mol. The molecule has 0 saturated carbocycles. The third-order valence-corrected chi connectivity index (χ3v) is 7.15. The minimum Gasteiger partial charge on any atom is -0.361 e.